The van der Waals surface area contributed by atoms with Gasteiger partial charge in [-0.25, -0.2) is 0 Å². The fourth-order valence-corrected chi connectivity index (χ4v) is 1.17. The van der Waals surface area contributed by atoms with Crippen molar-refractivity contribution >= 4 is 6.85 Å². The smallest absolute Gasteiger partial charge is 0.222 e. The van der Waals surface area contributed by atoms with Crippen LogP contribution in [0.3, 0.4) is 0 Å². The van der Waals surface area contributed by atoms with Crippen LogP contribution in [0.25, 0.3) is 0 Å². The Bertz CT molecular complexity index is 61.9. The standard InChI is InChI=1S/C7H18BN/c1-5-8(6-2)9(4)7-3/h5-7H2,1-4H3. The zero-order valence-corrected chi connectivity index (χ0v) is 7.15. The predicted octanol–water partition coefficient (Wildman–Crippen LogP) is 1.97. The van der Waals surface area contributed by atoms with Gasteiger partial charge in [-0.3, -0.25) is 0 Å². The lowest BCUT2D eigenvalue weighted by Gasteiger charge is -2.20. The van der Waals surface area contributed by atoms with E-state index in [1.54, 1.807) is 0 Å². The third kappa shape index (κ3) is 2.90. The second kappa shape index (κ2) is 4.86. The minimum absolute atomic E-state index is 0.801. The molecule has 0 unspecified atom stereocenters. The van der Waals surface area contributed by atoms with Gasteiger partial charge in [0.2, 0.25) is 6.85 Å². The average Bonchev–Trinajstić information content (AvgIpc) is 1.90. The Kier molecular flexibility index (Phi) is 4.88. The Balaban J connectivity index is 3.50. The summed E-state index contributed by atoms with van der Waals surface area (Å²) in [6.45, 7) is 8.68. The lowest BCUT2D eigenvalue weighted by molar-refractivity contribution is 0.546. The summed E-state index contributed by atoms with van der Waals surface area (Å²) in [5, 5.41) is 0. The Morgan fingerprint density at radius 3 is 1.67 bits per heavy atom. The van der Waals surface area contributed by atoms with Crippen molar-refractivity contribution in [3.63, 3.8) is 0 Å². The van der Waals surface area contributed by atoms with Crippen molar-refractivity contribution in [3.8, 4) is 0 Å². The van der Waals surface area contributed by atoms with Gasteiger partial charge < -0.3 is 4.81 Å². The van der Waals surface area contributed by atoms with E-state index in [9.17, 15) is 0 Å². The molecule has 0 aromatic carbocycles. The van der Waals surface area contributed by atoms with Crippen LogP contribution < -0.4 is 0 Å². The SMILES string of the molecule is CCB(CC)N(C)CC. The molecular formula is C7H18BN. The molecule has 0 atom stereocenters. The molecule has 54 valence electrons. The summed E-state index contributed by atoms with van der Waals surface area (Å²) in [5.41, 5.74) is 0. The summed E-state index contributed by atoms with van der Waals surface area (Å²) < 4.78 is 0. The lowest BCUT2D eigenvalue weighted by atomic mass is 9.56. The first-order valence-electron chi connectivity index (χ1n) is 3.96. The molecule has 0 fully saturated rings. The van der Waals surface area contributed by atoms with E-state index in [0.29, 0.717) is 0 Å². The minimum atomic E-state index is 0.801. The zero-order valence-electron chi connectivity index (χ0n) is 7.15. The van der Waals surface area contributed by atoms with Gasteiger partial charge in [0.15, 0.2) is 0 Å². The molecular weight excluding hydrogens is 109 g/mol. The summed E-state index contributed by atoms with van der Waals surface area (Å²) in [6, 6.07) is 0. The molecule has 0 N–H and O–H groups in total. The van der Waals surface area contributed by atoms with Crippen LogP contribution in [0.2, 0.25) is 12.6 Å². The fraction of sp³-hybridized carbons (Fsp3) is 1.00. The maximum absolute atomic E-state index is 2.40. The highest BCUT2D eigenvalue weighted by molar-refractivity contribution is 6.55. The second-order valence-electron chi connectivity index (χ2n) is 2.54. The second-order valence-corrected chi connectivity index (χ2v) is 2.54. The van der Waals surface area contributed by atoms with E-state index in [-0.39, 0.29) is 0 Å². The van der Waals surface area contributed by atoms with Gasteiger partial charge in [0, 0.05) is 0 Å². The minimum Gasteiger partial charge on any atom is -0.345 e. The van der Waals surface area contributed by atoms with Crippen LogP contribution in [-0.4, -0.2) is 25.3 Å². The summed E-state index contributed by atoms with van der Waals surface area (Å²) in [4.78, 5) is 2.40. The summed E-state index contributed by atoms with van der Waals surface area (Å²) in [7, 11) is 2.19. The highest BCUT2D eigenvalue weighted by atomic mass is 15.0. The largest absolute Gasteiger partial charge is 0.345 e. The first kappa shape index (κ1) is 9.02. The van der Waals surface area contributed by atoms with Crippen molar-refractivity contribution < 1.29 is 0 Å². The summed E-state index contributed by atoms with van der Waals surface area (Å²) in [6.07, 6.45) is 2.56. The number of nitrogens with zero attached hydrogens (tertiary/aromatic N) is 1. The van der Waals surface area contributed by atoms with Crippen LogP contribution in [0.4, 0.5) is 0 Å². The first-order chi connectivity index (χ1) is 4.26. The van der Waals surface area contributed by atoms with E-state index in [4.69, 9.17) is 0 Å². The zero-order chi connectivity index (χ0) is 7.28. The van der Waals surface area contributed by atoms with Crippen molar-refractivity contribution in [1.29, 1.82) is 0 Å². The molecule has 0 aliphatic rings. The van der Waals surface area contributed by atoms with E-state index in [2.05, 4.69) is 32.6 Å². The molecule has 9 heavy (non-hydrogen) atoms. The van der Waals surface area contributed by atoms with Crippen LogP contribution in [-0.2, 0) is 0 Å². The molecule has 0 aromatic rings. The quantitative estimate of drug-likeness (QED) is 0.522. The highest BCUT2D eigenvalue weighted by Gasteiger charge is 2.11. The summed E-state index contributed by atoms with van der Waals surface area (Å²) >= 11 is 0. The molecule has 0 heterocycles. The first-order valence-corrected chi connectivity index (χ1v) is 3.96. The highest BCUT2D eigenvalue weighted by Crippen LogP contribution is 2.01. The molecule has 0 aromatic heterocycles. The van der Waals surface area contributed by atoms with Gasteiger partial charge in [-0.1, -0.05) is 33.4 Å². The Morgan fingerprint density at radius 1 is 1.11 bits per heavy atom. The molecule has 0 radical (unpaired) electrons. The molecule has 0 bridgehead atoms. The van der Waals surface area contributed by atoms with Crippen molar-refractivity contribution in [2.24, 2.45) is 0 Å². The molecule has 0 aliphatic heterocycles. The van der Waals surface area contributed by atoms with Crippen molar-refractivity contribution in [3.05, 3.63) is 0 Å². The molecule has 0 saturated carbocycles. The van der Waals surface area contributed by atoms with E-state index in [0.717, 1.165) is 6.85 Å². The van der Waals surface area contributed by atoms with Gasteiger partial charge in [0.05, 0.1) is 0 Å². The fourth-order valence-electron chi connectivity index (χ4n) is 1.17. The van der Waals surface area contributed by atoms with Gasteiger partial charge in [0.25, 0.3) is 0 Å². The molecule has 0 amide bonds. The van der Waals surface area contributed by atoms with Crippen molar-refractivity contribution in [1.82, 2.24) is 4.81 Å². The number of hydrogen-bond acceptors (Lipinski definition) is 1. The average molecular weight is 127 g/mol. The Morgan fingerprint density at radius 2 is 1.56 bits per heavy atom. The van der Waals surface area contributed by atoms with Gasteiger partial charge >= 0.3 is 0 Å². The maximum atomic E-state index is 2.40. The van der Waals surface area contributed by atoms with E-state index in [1.165, 1.54) is 19.2 Å². The Labute approximate surface area is 59.5 Å². The number of rotatable bonds is 4. The number of hydrogen-bond donors (Lipinski definition) is 0. The van der Waals surface area contributed by atoms with E-state index < -0.39 is 0 Å². The molecule has 0 saturated heterocycles. The third-order valence-corrected chi connectivity index (χ3v) is 2.06. The van der Waals surface area contributed by atoms with Crippen LogP contribution in [0.1, 0.15) is 20.8 Å². The molecule has 0 spiro atoms. The van der Waals surface area contributed by atoms with Gasteiger partial charge in [-0.15, -0.1) is 0 Å². The molecule has 2 heteroatoms. The molecule has 0 aliphatic carbocycles. The summed E-state index contributed by atoms with van der Waals surface area (Å²) in [5.74, 6) is 0. The van der Waals surface area contributed by atoms with Crippen LogP contribution in [0.15, 0.2) is 0 Å². The topological polar surface area (TPSA) is 3.24 Å². The van der Waals surface area contributed by atoms with Gasteiger partial charge in [0.1, 0.15) is 0 Å². The van der Waals surface area contributed by atoms with E-state index in [1.807, 2.05) is 0 Å². The lowest BCUT2D eigenvalue weighted by Crippen LogP contribution is -2.34. The Hall–Kier alpha value is 0.0249. The molecule has 1 nitrogen and oxygen atoms in total. The van der Waals surface area contributed by atoms with Crippen LogP contribution >= 0.6 is 0 Å². The predicted molar refractivity (Wildman–Crippen MR) is 45.0 cm³/mol. The van der Waals surface area contributed by atoms with Crippen molar-refractivity contribution in [2.75, 3.05) is 13.6 Å². The van der Waals surface area contributed by atoms with Crippen LogP contribution in [0.5, 0.6) is 0 Å². The van der Waals surface area contributed by atoms with E-state index >= 15 is 0 Å². The third-order valence-electron chi connectivity index (χ3n) is 2.06. The normalized spacial score (nSPS) is 10.3. The van der Waals surface area contributed by atoms with Gasteiger partial charge in [-0.05, 0) is 13.6 Å². The molecule has 0 rings (SSSR count). The van der Waals surface area contributed by atoms with Crippen molar-refractivity contribution in [2.45, 2.75) is 33.4 Å². The maximum Gasteiger partial charge on any atom is 0.222 e. The monoisotopic (exact) mass is 127 g/mol. The van der Waals surface area contributed by atoms with Crippen LogP contribution in [0, 0.1) is 0 Å². The van der Waals surface area contributed by atoms with Gasteiger partial charge in [-0.2, -0.15) is 0 Å².